The molecule has 0 aliphatic carbocycles. The number of fused-ring (bicyclic) bond motifs is 3. The first-order valence-corrected chi connectivity index (χ1v) is 8.53. The maximum Gasteiger partial charge on any atom is 0.417 e. The summed E-state index contributed by atoms with van der Waals surface area (Å²) in [7, 11) is 1.98. The Morgan fingerprint density at radius 1 is 1.07 bits per heavy atom. The summed E-state index contributed by atoms with van der Waals surface area (Å²) in [6.07, 6.45) is -3.76. The van der Waals surface area contributed by atoms with E-state index >= 15 is 0 Å². The van der Waals surface area contributed by atoms with E-state index in [0.29, 0.717) is 18.5 Å². The van der Waals surface area contributed by atoms with Gasteiger partial charge >= 0.3 is 6.18 Å². The molecule has 0 atom stereocenters. The molecule has 0 saturated heterocycles. The van der Waals surface area contributed by atoms with Crippen LogP contribution in [-0.2, 0) is 19.1 Å². The second kappa shape index (κ2) is 6.43. The molecule has 2 nitrogen and oxygen atoms in total. The zero-order chi connectivity index (χ0) is 19.2. The topological polar surface area (TPSA) is 8.17 Å². The van der Waals surface area contributed by atoms with E-state index < -0.39 is 11.7 Å². The van der Waals surface area contributed by atoms with Crippen LogP contribution >= 0.6 is 0 Å². The van der Waals surface area contributed by atoms with Crippen molar-refractivity contribution in [2.45, 2.75) is 19.1 Å². The maximum absolute atomic E-state index is 13.8. The van der Waals surface area contributed by atoms with Crippen LogP contribution in [0.15, 0.2) is 42.5 Å². The van der Waals surface area contributed by atoms with Gasteiger partial charge in [0.15, 0.2) is 0 Å². The van der Waals surface area contributed by atoms with Gasteiger partial charge in [0, 0.05) is 42.2 Å². The van der Waals surface area contributed by atoms with Crippen molar-refractivity contribution in [3.05, 3.63) is 70.7 Å². The van der Waals surface area contributed by atoms with E-state index in [4.69, 9.17) is 0 Å². The number of benzene rings is 2. The van der Waals surface area contributed by atoms with E-state index in [9.17, 15) is 17.6 Å². The molecule has 4 rings (SSSR count). The summed E-state index contributed by atoms with van der Waals surface area (Å²) < 4.78 is 55.1. The summed E-state index contributed by atoms with van der Waals surface area (Å²) in [5.41, 5.74) is 1.81. The first-order chi connectivity index (χ1) is 12.8. The van der Waals surface area contributed by atoms with Crippen LogP contribution in [-0.4, -0.2) is 23.1 Å². The normalized spacial score (nSPS) is 14.7. The van der Waals surface area contributed by atoms with Gasteiger partial charge < -0.3 is 4.90 Å². The van der Waals surface area contributed by atoms with Crippen LogP contribution in [0.2, 0.25) is 0 Å². The number of hydrogen-bond acceptors (Lipinski definition) is 1. The standard InChI is InChI=1S/C21H16F4N2/c1-26-10-9-20-17(13-26)16-12-15(22)6-7-19(16)27(20)11-8-14-4-2-3-5-18(14)21(23,24)25/h2-7,12H,9-10,13H2,1H3. The molecule has 0 saturated carbocycles. The van der Waals surface area contributed by atoms with Crippen LogP contribution in [0, 0.1) is 17.8 Å². The Hall–Kier alpha value is -2.78. The zero-order valence-corrected chi connectivity index (χ0v) is 14.6. The summed E-state index contributed by atoms with van der Waals surface area (Å²) in [6, 6.07) is 12.6. The molecule has 0 amide bonds. The Kier molecular flexibility index (Phi) is 4.20. The first-order valence-electron chi connectivity index (χ1n) is 8.53. The molecule has 27 heavy (non-hydrogen) atoms. The van der Waals surface area contributed by atoms with E-state index in [-0.39, 0.29) is 11.4 Å². The number of likely N-dealkylation sites (N-methyl/N-ethyl adjacent to an activating group) is 1. The second-order valence-corrected chi connectivity index (χ2v) is 6.69. The average molecular weight is 372 g/mol. The molecule has 2 heterocycles. The van der Waals surface area contributed by atoms with E-state index in [0.717, 1.165) is 29.3 Å². The maximum atomic E-state index is 13.8. The molecular formula is C21H16F4N2. The predicted molar refractivity (Wildman–Crippen MR) is 95.7 cm³/mol. The molecule has 0 unspecified atom stereocenters. The highest BCUT2D eigenvalue weighted by Gasteiger charge is 2.32. The lowest BCUT2D eigenvalue weighted by Gasteiger charge is -2.23. The minimum Gasteiger partial charge on any atom is -0.302 e. The molecule has 1 aromatic heterocycles. The lowest BCUT2D eigenvalue weighted by atomic mass is 10.1. The highest BCUT2D eigenvalue weighted by atomic mass is 19.4. The minimum atomic E-state index is -4.46. The van der Waals surface area contributed by atoms with Crippen LogP contribution in [0.1, 0.15) is 22.4 Å². The van der Waals surface area contributed by atoms with Gasteiger partial charge in [-0.25, -0.2) is 4.39 Å². The molecule has 0 N–H and O–H groups in total. The fraction of sp³-hybridized carbons (Fsp3) is 0.238. The Balaban J connectivity index is 1.90. The van der Waals surface area contributed by atoms with Gasteiger partial charge in [0.25, 0.3) is 0 Å². The zero-order valence-electron chi connectivity index (χ0n) is 14.6. The molecule has 0 bridgehead atoms. The van der Waals surface area contributed by atoms with Crippen molar-refractivity contribution in [3.8, 4) is 12.0 Å². The van der Waals surface area contributed by atoms with Gasteiger partial charge in [-0.1, -0.05) is 12.1 Å². The summed E-state index contributed by atoms with van der Waals surface area (Å²) in [5, 5.41) is 0.759. The number of alkyl halides is 3. The van der Waals surface area contributed by atoms with Gasteiger partial charge in [-0.2, -0.15) is 13.2 Å². The summed E-state index contributed by atoms with van der Waals surface area (Å²) >= 11 is 0. The van der Waals surface area contributed by atoms with Crippen molar-refractivity contribution < 1.29 is 17.6 Å². The smallest absolute Gasteiger partial charge is 0.302 e. The molecule has 2 aromatic carbocycles. The quantitative estimate of drug-likeness (QED) is 0.412. The van der Waals surface area contributed by atoms with Crippen molar-refractivity contribution in [2.75, 3.05) is 13.6 Å². The van der Waals surface area contributed by atoms with Crippen LogP contribution in [0.25, 0.3) is 10.9 Å². The van der Waals surface area contributed by atoms with E-state index in [1.807, 2.05) is 7.05 Å². The van der Waals surface area contributed by atoms with Crippen LogP contribution in [0.4, 0.5) is 17.6 Å². The van der Waals surface area contributed by atoms with Gasteiger partial charge in [-0.05, 0) is 48.9 Å². The third-order valence-corrected chi connectivity index (χ3v) is 4.84. The van der Waals surface area contributed by atoms with E-state index in [2.05, 4.69) is 16.9 Å². The van der Waals surface area contributed by atoms with Gasteiger partial charge in [0.05, 0.1) is 11.1 Å². The Morgan fingerprint density at radius 2 is 1.85 bits per heavy atom. The molecule has 138 valence electrons. The molecule has 3 aromatic rings. The first kappa shape index (κ1) is 17.6. The monoisotopic (exact) mass is 372 g/mol. The summed E-state index contributed by atoms with van der Waals surface area (Å²) in [4.78, 5) is 2.13. The van der Waals surface area contributed by atoms with E-state index in [1.54, 1.807) is 10.6 Å². The Morgan fingerprint density at radius 3 is 2.63 bits per heavy atom. The third-order valence-electron chi connectivity index (χ3n) is 4.84. The molecular weight excluding hydrogens is 356 g/mol. The molecule has 1 aliphatic rings. The van der Waals surface area contributed by atoms with Crippen molar-refractivity contribution in [3.63, 3.8) is 0 Å². The SMILES string of the molecule is CN1CCc2c(c3cc(F)ccc3n2C#Cc2ccccc2C(F)(F)F)C1. The van der Waals surface area contributed by atoms with Gasteiger partial charge in [-0.3, -0.25) is 4.57 Å². The molecule has 0 radical (unpaired) electrons. The Labute approximate surface area is 154 Å². The average Bonchev–Trinajstić information content (AvgIpc) is 2.92. The summed E-state index contributed by atoms with van der Waals surface area (Å²) in [5.74, 6) is 2.33. The Bertz CT molecular complexity index is 1080. The number of hydrogen-bond donors (Lipinski definition) is 0. The highest BCUT2D eigenvalue weighted by molar-refractivity contribution is 5.87. The number of aromatic nitrogens is 1. The second-order valence-electron chi connectivity index (χ2n) is 6.69. The lowest BCUT2D eigenvalue weighted by molar-refractivity contribution is -0.137. The fourth-order valence-corrected chi connectivity index (χ4v) is 3.55. The van der Waals surface area contributed by atoms with E-state index in [1.165, 1.54) is 30.3 Å². The number of rotatable bonds is 0. The minimum absolute atomic E-state index is 0.0735. The highest BCUT2D eigenvalue weighted by Crippen LogP contribution is 2.32. The summed E-state index contributed by atoms with van der Waals surface area (Å²) in [6.45, 7) is 1.47. The van der Waals surface area contributed by atoms with Gasteiger partial charge in [0.2, 0.25) is 0 Å². The number of halogens is 4. The largest absolute Gasteiger partial charge is 0.417 e. The lowest BCUT2D eigenvalue weighted by Crippen LogP contribution is -2.27. The number of nitrogens with zero attached hydrogens (tertiary/aromatic N) is 2. The molecule has 1 aliphatic heterocycles. The van der Waals surface area contributed by atoms with Crippen molar-refractivity contribution in [1.82, 2.24) is 9.47 Å². The predicted octanol–water partition coefficient (Wildman–Crippen LogP) is 4.64. The van der Waals surface area contributed by atoms with Gasteiger partial charge in [0.1, 0.15) is 5.82 Å². The van der Waals surface area contributed by atoms with Gasteiger partial charge in [-0.15, -0.1) is 0 Å². The van der Waals surface area contributed by atoms with Crippen LogP contribution in [0.3, 0.4) is 0 Å². The van der Waals surface area contributed by atoms with Crippen LogP contribution < -0.4 is 0 Å². The third kappa shape index (κ3) is 3.19. The fourth-order valence-electron chi connectivity index (χ4n) is 3.55. The van der Waals surface area contributed by atoms with Crippen molar-refractivity contribution in [2.24, 2.45) is 0 Å². The molecule has 0 fully saturated rings. The van der Waals surface area contributed by atoms with Crippen molar-refractivity contribution in [1.29, 1.82) is 0 Å². The van der Waals surface area contributed by atoms with Crippen molar-refractivity contribution >= 4 is 10.9 Å². The molecule has 0 spiro atoms. The van der Waals surface area contributed by atoms with Crippen LogP contribution in [0.5, 0.6) is 0 Å². The molecule has 6 heteroatoms.